The molecule has 0 saturated carbocycles. The van der Waals surface area contributed by atoms with Gasteiger partial charge in [-0.15, -0.1) is 11.3 Å². The van der Waals surface area contributed by atoms with Gasteiger partial charge in [0.1, 0.15) is 17.7 Å². The highest BCUT2D eigenvalue weighted by molar-refractivity contribution is 7.88. The third kappa shape index (κ3) is 5.42. The number of sulfonamides is 1. The Morgan fingerprint density at radius 2 is 2.02 bits per heavy atom. The van der Waals surface area contributed by atoms with Gasteiger partial charge in [-0.2, -0.15) is 4.31 Å². The molecule has 13 heteroatoms. The average Bonchev–Trinajstić information content (AvgIpc) is 3.75. The minimum Gasteiger partial charge on any atom is -0.425 e. The monoisotopic (exact) mass is 608 g/mol. The molecule has 0 bridgehead atoms. The number of ether oxygens (including phenoxy) is 1. The zero-order chi connectivity index (χ0) is 29.4. The molecule has 2 aliphatic rings. The van der Waals surface area contributed by atoms with Crippen molar-refractivity contribution in [3.8, 4) is 5.95 Å². The zero-order valence-corrected chi connectivity index (χ0v) is 24.3. The predicted octanol–water partition coefficient (Wildman–Crippen LogP) is 3.28. The molecule has 11 nitrogen and oxygen atoms in total. The number of amides is 2. The van der Waals surface area contributed by atoms with Crippen molar-refractivity contribution in [2.24, 2.45) is 0 Å². The lowest BCUT2D eigenvalue weighted by molar-refractivity contribution is -0.138. The summed E-state index contributed by atoms with van der Waals surface area (Å²) in [5, 5.41) is 5.33. The maximum Gasteiger partial charge on any atom is 0.415 e. The first-order valence-electron chi connectivity index (χ1n) is 13.4. The number of fused-ring (bicyclic) bond motifs is 2. The topological polar surface area (TPSA) is 139 Å². The van der Waals surface area contributed by atoms with E-state index in [0.717, 1.165) is 10.3 Å². The van der Waals surface area contributed by atoms with Crippen molar-refractivity contribution >= 4 is 50.1 Å². The number of aromatic nitrogens is 1. The normalized spacial score (nSPS) is 19.6. The lowest BCUT2D eigenvalue weighted by Gasteiger charge is -2.28. The molecule has 218 valence electrons. The Morgan fingerprint density at radius 3 is 2.76 bits per heavy atom. The summed E-state index contributed by atoms with van der Waals surface area (Å²) in [6.07, 6.45) is 2.64. The fourth-order valence-electron chi connectivity index (χ4n) is 5.69. The number of aryl methyl sites for hydroxylation is 1. The summed E-state index contributed by atoms with van der Waals surface area (Å²) in [6.45, 7) is 1.64. The van der Waals surface area contributed by atoms with Crippen LogP contribution in [0.15, 0.2) is 70.7 Å². The van der Waals surface area contributed by atoms with Gasteiger partial charge in [0, 0.05) is 41.2 Å². The molecule has 4 aromatic rings. The molecule has 5 heterocycles. The summed E-state index contributed by atoms with van der Waals surface area (Å²) in [6, 6.07) is 11.6. The number of pyridine rings is 1. The van der Waals surface area contributed by atoms with Gasteiger partial charge in [-0.25, -0.2) is 13.2 Å². The van der Waals surface area contributed by atoms with Gasteiger partial charge in [0.25, 0.3) is 5.95 Å². The molecule has 0 aliphatic carbocycles. The maximum absolute atomic E-state index is 13.9. The second kappa shape index (κ2) is 11.3. The Hall–Kier alpha value is -4.07. The SMILES string of the molecule is Cc1c(OC(=O)NC(Cc2cccs2)C(=O)N2CCC3C2C(=O)CN3S(=O)(=O)Cc2cccnc2)oc2ccccc12. The molecule has 3 unspecified atom stereocenters. The Bertz CT molecular complexity index is 1740. The molecule has 2 aliphatic heterocycles. The van der Waals surface area contributed by atoms with Crippen molar-refractivity contribution in [2.45, 2.75) is 43.6 Å². The fourth-order valence-corrected chi connectivity index (χ4v) is 8.16. The summed E-state index contributed by atoms with van der Waals surface area (Å²) in [4.78, 5) is 46.3. The van der Waals surface area contributed by atoms with Gasteiger partial charge in [-0.1, -0.05) is 30.3 Å². The van der Waals surface area contributed by atoms with Crippen molar-refractivity contribution in [3.63, 3.8) is 0 Å². The van der Waals surface area contributed by atoms with Crippen molar-refractivity contribution in [1.82, 2.24) is 19.5 Å². The van der Waals surface area contributed by atoms with Gasteiger partial charge in [0.15, 0.2) is 5.78 Å². The number of para-hydroxylation sites is 1. The van der Waals surface area contributed by atoms with Gasteiger partial charge in [-0.05, 0) is 42.5 Å². The van der Waals surface area contributed by atoms with Crippen molar-refractivity contribution in [2.75, 3.05) is 13.1 Å². The van der Waals surface area contributed by atoms with Gasteiger partial charge >= 0.3 is 6.09 Å². The van der Waals surface area contributed by atoms with Crippen LogP contribution in [0.3, 0.4) is 0 Å². The van der Waals surface area contributed by atoms with Crippen LogP contribution < -0.4 is 10.1 Å². The standard InChI is InChI=1S/C29H28N4O7S2/c1-18-21-8-2-3-9-25(21)39-28(18)40-29(36)31-22(14-20-7-5-13-41-20)27(35)32-12-10-23-26(32)24(34)16-33(23)42(37,38)17-19-6-4-11-30-15-19/h2-9,11,13,15,22-23,26H,10,12,14,16-17H2,1H3,(H,31,36). The van der Waals surface area contributed by atoms with Crippen LogP contribution in [0.1, 0.15) is 22.4 Å². The van der Waals surface area contributed by atoms with Crippen LogP contribution in [0, 0.1) is 6.92 Å². The highest BCUT2D eigenvalue weighted by Crippen LogP contribution is 2.34. The Labute approximate surface area is 246 Å². The van der Waals surface area contributed by atoms with Crippen LogP contribution in [0.4, 0.5) is 4.79 Å². The molecule has 3 aromatic heterocycles. The molecule has 0 spiro atoms. The first-order chi connectivity index (χ1) is 20.2. The van der Waals surface area contributed by atoms with Crippen molar-refractivity contribution in [3.05, 3.63) is 82.3 Å². The van der Waals surface area contributed by atoms with Crippen LogP contribution in [0.25, 0.3) is 11.0 Å². The summed E-state index contributed by atoms with van der Waals surface area (Å²) < 4.78 is 38.9. The van der Waals surface area contributed by atoms with E-state index in [2.05, 4.69) is 10.3 Å². The zero-order valence-electron chi connectivity index (χ0n) is 22.6. The molecule has 1 N–H and O–H groups in total. The number of nitrogens with one attached hydrogen (secondary N) is 1. The average molecular weight is 609 g/mol. The number of furan rings is 1. The van der Waals surface area contributed by atoms with Crippen LogP contribution in [-0.4, -0.2) is 71.6 Å². The van der Waals surface area contributed by atoms with E-state index >= 15 is 0 Å². The molecule has 2 fully saturated rings. The van der Waals surface area contributed by atoms with Gasteiger partial charge < -0.3 is 19.4 Å². The fraction of sp³-hybridized carbons (Fsp3) is 0.310. The number of thiophene rings is 1. The largest absolute Gasteiger partial charge is 0.425 e. The number of hydrogen-bond donors (Lipinski definition) is 1. The Kier molecular flexibility index (Phi) is 7.56. The first-order valence-corrected chi connectivity index (χ1v) is 15.9. The second-order valence-corrected chi connectivity index (χ2v) is 13.3. The first kappa shape index (κ1) is 28.1. The van der Waals surface area contributed by atoms with E-state index in [9.17, 15) is 22.8 Å². The summed E-state index contributed by atoms with van der Waals surface area (Å²) in [5.41, 5.74) is 1.72. The number of rotatable bonds is 8. The third-order valence-electron chi connectivity index (χ3n) is 7.65. The van der Waals surface area contributed by atoms with Gasteiger partial charge in [0.2, 0.25) is 15.9 Å². The minimum absolute atomic E-state index is 0.0256. The maximum atomic E-state index is 13.9. The summed E-state index contributed by atoms with van der Waals surface area (Å²) in [7, 11) is -3.84. The van der Waals surface area contributed by atoms with E-state index in [4.69, 9.17) is 9.15 Å². The number of benzene rings is 1. The predicted molar refractivity (Wildman–Crippen MR) is 154 cm³/mol. The Morgan fingerprint density at radius 1 is 1.19 bits per heavy atom. The lowest BCUT2D eigenvalue weighted by atomic mass is 10.1. The summed E-state index contributed by atoms with van der Waals surface area (Å²) >= 11 is 1.43. The van der Waals surface area contributed by atoms with E-state index in [0.29, 0.717) is 23.1 Å². The number of carbonyl (C=O) groups excluding carboxylic acids is 3. The molecule has 2 amide bonds. The van der Waals surface area contributed by atoms with Crippen molar-refractivity contribution < 1.29 is 32.0 Å². The molecular weight excluding hydrogens is 580 g/mol. The molecule has 42 heavy (non-hydrogen) atoms. The van der Waals surface area contributed by atoms with Crippen LogP contribution in [-0.2, 0) is 31.8 Å². The number of likely N-dealkylation sites (tertiary alicyclic amines) is 1. The number of nitrogens with zero attached hydrogens (tertiary/aromatic N) is 3. The summed E-state index contributed by atoms with van der Waals surface area (Å²) in [5.74, 6) is -1.09. The number of ketones is 1. The highest BCUT2D eigenvalue weighted by Gasteiger charge is 2.54. The third-order valence-corrected chi connectivity index (χ3v) is 10.4. The molecule has 2 saturated heterocycles. The highest BCUT2D eigenvalue weighted by atomic mass is 32.2. The van der Waals surface area contributed by atoms with E-state index in [-0.39, 0.29) is 37.0 Å². The quantitative estimate of drug-likeness (QED) is 0.322. The molecule has 0 radical (unpaired) electrons. The van der Waals surface area contributed by atoms with Crippen molar-refractivity contribution in [1.29, 1.82) is 0 Å². The smallest absolute Gasteiger partial charge is 0.415 e. The molecular formula is C29H28N4O7S2. The van der Waals surface area contributed by atoms with E-state index in [1.54, 1.807) is 31.3 Å². The lowest BCUT2D eigenvalue weighted by Crippen LogP contribution is -2.53. The number of carbonyl (C=O) groups is 3. The molecule has 1 aromatic carbocycles. The number of Topliss-reactive ketones (excluding diaryl/α,β-unsaturated/α-hetero) is 1. The minimum atomic E-state index is -3.84. The van der Waals surface area contributed by atoms with Crippen LogP contribution >= 0.6 is 11.3 Å². The van der Waals surface area contributed by atoms with E-state index in [1.807, 2.05) is 35.7 Å². The second-order valence-electron chi connectivity index (χ2n) is 10.3. The Balaban J connectivity index is 1.20. The van der Waals surface area contributed by atoms with Crippen LogP contribution in [0.2, 0.25) is 0 Å². The van der Waals surface area contributed by atoms with Gasteiger partial charge in [0.05, 0.1) is 18.3 Å². The van der Waals surface area contributed by atoms with E-state index < -0.39 is 40.1 Å². The molecule has 6 rings (SSSR count). The van der Waals surface area contributed by atoms with Gasteiger partial charge in [-0.3, -0.25) is 14.6 Å². The molecule has 3 atom stereocenters. The van der Waals surface area contributed by atoms with E-state index in [1.165, 1.54) is 26.7 Å². The van der Waals surface area contributed by atoms with Crippen LogP contribution in [0.5, 0.6) is 5.95 Å². The number of hydrogen-bond acceptors (Lipinski definition) is 9.